The van der Waals surface area contributed by atoms with Gasteiger partial charge in [0.1, 0.15) is 11.5 Å². The third-order valence-corrected chi connectivity index (χ3v) is 9.97. The molecular formula is C40H45FN6. The van der Waals surface area contributed by atoms with Crippen molar-refractivity contribution in [3.05, 3.63) is 102 Å². The number of halogens is 1. The highest BCUT2D eigenvalue weighted by molar-refractivity contribution is 6.00. The number of aryl methyl sites for hydroxylation is 1. The van der Waals surface area contributed by atoms with Gasteiger partial charge < -0.3 is 15.2 Å². The highest BCUT2D eigenvalue weighted by atomic mass is 19.1. The summed E-state index contributed by atoms with van der Waals surface area (Å²) in [6.45, 7) is 11.9. The minimum Gasteiger partial charge on any atom is -0.353 e. The second-order valence-corrected chi connectivity index (χ2v) is 13.2. The van der Waals surface area contributed by atoms with Gasteiger partial charge in [0.05, 0.1) is 16.9 Å². The number of allylic oxidation sites excluding steroid dienone is 5. The van der Waals surface area contributed by atoms with E-state index in [9.17, 15) is 4.39 Å². The molecule has 0 radical (unpaired) electrons. The lowest BCUT2D eigenvalue weighted by Crippen LogP contribution is -2.27. The van der Waals surface area contributed by atoms with E-state index in [1.165, 1.54) is 49.9 Å². The summed E-state index contributed by atoms with van der Waals surface area (Å²) in [7, 11) is 0. The van der Waals surface area contributed by atoms with Gasteiger partial charge in [0.2, 0.25) is 0 Å². The molecule has 0 bridgehead atoms. The first-order valence-corrected chi connectivity index (χ1v) is 17.3. The van der Waals surface area contributed by atoms with Gasteiger partial charge in [-0.15, -0.1) is 0 Å². The fraction of sp³-hybridized carbons (Fsp3) is 0.350. The number of nitrogens with zero attached hydrogens (tertiary/aromatic N) is 3. The van der Waals surface area contributed by atoms with Gasteiger partial charge in [0.15, 0.2) is 0 Å². The molecule has 2 fully saturated rings. The zero-order valence-electron chi connectivity index (χ0n) is 27.4. The molecule has 0 aliphatic carbocycles. The van der Waals surface area contributed by atoms with E-state index in [4.69, 9.17) is 10.1 Å². The van der Waals surface area contributed by atoms with Crippen molar-refractivity contribution < 1.29 is 4.39 Å². The van der Waals surface area contributed by atoms with Crippen LogP contribution >= 0.6 is 0 Å². The fourth-order valence-corrected chi connectivity index (χ4v) is 7.41. The Morgan fingerprint density at radius 1 is 1.00 bits per heavy atom. The van der Waals surface area contributed by atoms with Crippen molar-refractivity contribution in [2.45, 2.75) is 51.9 Å². The average Bonchev–Trinajstić information content (AvgIpc) is 3.86. The predicted molar refractivity (Wildman–Crippen MR) is 193 cm³/mol. The highest BCUT2D eigenvalue weighted by Crippen LogP contribution is 2.35. The molecule has 0 spiro atoms. The molecule has 0 atom stereocenters. The second kappa shape index (κ2) is 14.2. The molecule has 2 saturated heterocycles. The Hall–Kier alpha value is -4.33. The van der Waals surface area contributed by atoms with Crippen LogP contribution in [0.1, 0.15) is 56.6 Å². The van der Waals surface area contributed by atoms with E-state index in [0.717, 1.165) is 94.5 Å². The number of fused-ring (bicyclic) bond motifs is 2. The van der Waals surface area contributed by atoms with E-state index in [0.29, 0.717) is 5.92 Å². The van der Waals surface area contributed by atoms with Gasteiger partial charge in [0.25, 0.3) is 0 Å². The number of aromatic amines is 2. The lowest BCUT2D eigenvalue weighted by atomic mass is 9.89. The Kier molecular flexibility index (Phi) is 9.45. The molecule has 47 heavy (non-hydrogen) atoms. The summed E-state index contributed by atoms with van der Waals surface area (Å²) in [6, 6.07) is 15.9. The van der Waals surface area contributed by atoms with E-state index in [1.54, 1.807) is 18.3 Å². The second-order valence-electron chi connectivity index (χ2n) is 13.2. The van der Waals surface area contributed by atoms with Crippen LogP contribution in [0.3, 0.4) is 0 Å². The van der Waals surface area contributed by atoms with Crippen LogP contribution in [0.2, 0.25) is 0 Å². The van der Waals surface area contributed by atoms with Crippen LogP contribution in [0, 0.1) is 11.7 Å². The van der Waals surface area contributed by atoms with Crippen molar-refractivity contribution in [3.8, 4) is 22.6 Å². The van der Waals surface area contributed by atoms with Crippen LogP contribution in [0.15, 0.2) is 85.1 Å². The first-order valence-electron chi connectivity index (χ1n) is 17.3. The van der Waals surface area contributed by atoms with Crippen LogP contribution < -0.4 is 5.32 Å². The molecule has 3 aromatic heterocycles. The number of pyridine rings is 1. The molecule has 2 aliphatic heterocycles. The fourth-order valence-electron chi connectivity index (χ4n) is 7.41. The molecule has 0 saturated carbocycles. The van der Waals surface area contributed by atoms with E-state index in [-0.39, 0.29) is 5.82 Å². The maximum atomic E-state index is 14.9. The van der Waals surface area contributed by atoms with E-state index < -0.39 is 0 Å². The predicted octanol–water partition coefficient (Wildman–Crippen LogP) is 8.85. The smallest absolute Gasteiger partial charge is 0.124 e. The van der Waals surface area contributed by atoms with E-state index in [2.05, 4.69) is 76.3 Å². The first kappa shape index (κ1) is 31.3. The number of piperidine rings is 1. The third-order valence-electron chi connectivity index (χ3n) is 9.97. The van der Waals surface area contributed by atoms with Crippen molar-refractivity contribution >= 4 is 27.4 Å². The Balaban J connectivity index is 1.17. The molecule has 3 N–H and O–H groups in total. The van der Waals surface area contributed by atoms with Crippen molar-refractivity contribution in [3.63, 3.8) is 0 Å². The van der Waals surface area contributed by atoms with Gasteiger partial charge in [0, 0.05) is 28.0 Å². The van der Waals surface area contributed by atoms with Gasteiger partial charge in [-0.1, -0.05) is 30.9 Å². The maximum Gasteiger partial charge on any atom is 0.124 e. The number of hydrogen-bond donors (Lipinski definition) is 3. The molecule has 7 heteroatoms. The van der Waals surface area contributed by atoms with E-state index in [1.807, 2.05) is 12.1 Å². The summed E-state index contributed by atoms with van der Waals surface area (Å²) in [5.74, 6) is 0.477. The lowest BCUT2D eigenvalue weighted by Gasteiger charge is -2.23. The average molecular weight is 629 g/mol. The topological polar surface area (TPSA) is 72.6 Å². The summed E-state index contributed by atoms with van der Waals surface area (Å²) in [6.07, 6.45) is 16.2. The Labute approximate surface area is 276 Å². The first-order chi connectivity index (χ1) is 23.1. The Bertz CT molecular complexity index is 1930. The van der Waals surface area contributed by atoms with Crippen LogP contribution in [0.4, 0.5) is 4.39 Å². The SMILES string of the molecule is C=C/C(=C\C(=C/C)c1ccc2[nH]nc(-c3cc4c(-c5cc(F)cc(CCCN6CCCC6)c5)nccc4[nH]3)c2c1)CC1CCNCC1. The molecule has 0 unspecified atom stereocenters. The zero-order valence-corrected chi connectivity index (χ0v) is 27.4. The Morgan fingerprint density at radius 3 is 2.64 bits per heavy atom. The number of benzene rings is 2. The van der Waals surface area contributed by atoms with Crippen LogP contribution in [0.5, 0.6) is 0 Å². The molecule has 5 heterocycles. The van der Waals surface area contributed by atoms with Crippen molar-refractivity contribution in [2.75, 3.05) is 32.7 Å². The standard InChI is InChI=1S/C40H45FN6/c1-3-27(20-28-11-14-42-15-12-28)21-30(4-2)31-9-10-37-34(25-31)40(46-45-37)38-26-35-36(44-38)13-16-43-39(35)32-22-29(23-33(41)24-32)8-7-19-47-17-5-6-18-47/h3-4,9-10,13,16,21-26,28,42,44H,1,5-8,11-12,14-15,17-20H2,2H3,(H,45,46)/b27-21+,30-4+. The number of hydrogen-bond acceptors (Lipinski definition) is 4. The molecule has 242 valence electrons. The summed E-state index contributed by atoms with van der Waals surface area (Å²) in [5.41, 5.74) is 9.86. The van der Waals surface area contributed by atoms with Crippen molar-refractivity contribution in [1.29, 1.82) is 0 Å². The molecule has 7 rings (SSSR count). The molecule has 2 aromatic carbocycles. The molecule has 0 amide bonds. The van der Waals surface area contributed by atoms with Crippen LogP contribution in [-0.4, -0.2) is 57.8 Å². The number of rotatable bonds is 11. The summed E-state index contributed by atoms with van der Waals surface area (Å²) < 4.78 is 14.9. The minimum absolute atomic E-state index is 0.219. The highest BCUT2D eigenvalue weighted by Gasteiger charge is 2.18. The number of H-pyrrole nitrogens is 2. The largest absolute Gasteiger partial charge is 0.353 e. The molecule has 6 nitrogen and oxygen atoms in total. The van der Waals surface area contributed by atoms with Crippen LogP contribution in [0.25, 0.3) is 50.0 Å². The Morgan fingerprint density at radius 2 is 1.83 bits per heavy atom. The lowest BCUT2D eigenvalue weighted by molar-refractivity contribution is 0.334. The number of likely N-dealkylation sites (tertiary alicyclic amines) is 1. The van der Waals surface area contributed by atoms with E-state index >= 15 is 0 Å². The van der Waals surface area contributed by atoms with Gasteiger partial charge in [-0.3, -0.25) is 10.1 Å². The molecule has 2 aliphatic rings. The monoisotopic (exact) mass is 628 g/mol. The van der Waals surface area contributed by atoms with Gasteiger partial charge in [-0.25, -0.2) is 4.39 Å². The summed E-state index contributed by atoms with van der Waals surface area (Å²) in [5, 5.41) is 13.4. The third kappa shape index (κ3) is 7.02. The maximum absolute atomic E-state index is 14.9. The normalized spacial score (nSPS) is 16.9. The van der Waals surface area contributed by atoms with Gasteiger partial charge >= 0.3 is 0 Å². The quantitative estimate of drug-likeness (QED) is 0.128. The molecule has 5 aromatic rings. The summed E-state index contributed by atoms with van der Waals surface area (Å²) >= 11 is 0. The van der Waals surface area contributed by atoms with Crippen molar-refractivity contribution in [2.24, 2.45) is 5.92 Å². The van der Waals surface area contributed by atoms with Gasteiger partial charge in [-0.2, -0.15) is 5.10 Å². The zero-order chi connectivity index (χ0) is 32.2. The number of aromatic nitrogens is 4. The van der Waals surface area contributed by atoms with Gasteiger partial charge in [-0.05, 0) is 155 Å². The number of nitrogens with one attached hydrogen (secondary N) is 3. The van der Waals surface area contributed by atoms with Crippen LogP contribution in [-0.2, 0) is 6.42 Å². The molecular weight excluding hydrogens is 583 g/mol. The van der Waals surface area contributed by atoms with Crippen molar-refractivity contribution in [1.82, 2.24) is 30.4 Å². The summed E-state index contributed by atoms with van der Waals surface area (Å²) in [4.78, 5) is 10.8. The minimum atomic E-state index is -0.219.